The first-order valence-corrected chi connectivity index (χ1v) is 4.73. The number of aliphatic carboxylic acids is 1. The fourth-order valence-electron chi connectivity index (χ4n) is 0.633. The SMILES string of the molecule is CSCCC(N)(C(=O)O)C(F)(F)F. The quantitative estimate of drug-likeness (QED) is 0.739. The van der Waals surface area contributed by atoms with E-state index < -0.39 is 24.1 Å². The van der Waals surface area contributed by atoms with Gasteiger partial charge in [0, 0.05) is 0 Å². The van der Waals surface area contributed by atoms with E-state index in [-0.39, 0.29) is 5.75 Å². The van der Waals surface area contributed by atoms with E-state index in [4.69, 9.17) is 10.8 Å². The van der Waals surface area contributed by atoms with E-state index in [9.17, 15) is 18.0 Å². The van der Waals surface area contributed by atoms with Crippen molar-refractivity contribution in [1.82, 2.24) is 0 Å². The van der Waals surface area contributed by atoms with Crippen LogP contribution in [0.4, 0.5) is 13.2 Å². The van der Waals surface area contributed by atoms with Crippen molar-refractivity contribution >= 4 is 17.7 Å². The maximum atomic E-state index is 12.2. The van der Waals surface area contributed by atoms with Gasteiger partial charge in [-0.1, -0.05) is 0 Å². The zero-order valence-electron chi connectivity index (χ0n) is 6.89. The molecular weight excluding hydrogens is 207 g/mol. The largest absolute Gasteiger partial charge is 0.480 e. The molecule has 0 fully saturated rings. The number of thioether (sulfide) groups is 1. The minimum absolute atomic E-state index is 0.0578. The lowest BCUT2D eigenvalue weighted by molar-refractivity contribution is -0.202. The molecule has 0 aliphatic heterocycles. The molecule has 0 saturated carbocycles. The van der Waals surface area contributed by atoms with Gasteiger partial charge in [0.15, 0.2) is 0 Å². The summed E-state index contributed by atoms with van der Waals surface area (Å²) in [5, 5.41) is 8.34. The average Bonchev–Trinajstić information content (AvgIpc) is 1.97. The minimum atomic E-state index is -4.91. The molecule has 0 bridgehead atoms. The van der Waals surface area contributed by atoms with Gasteiger partial charge in [-0.2, -0.15) is 24.9 Å². The van der Waals surface area contributed by atoms with Crippen LogP contribution in [-0.4, -0.2) is 34.8 Å². The number of carboxylic acids is 1. The Labute approximate surface area is 77.5 Å². The number of alkyl halides is 3. The number of carboxylic acid groups (broad SMARTS) is 1. The molecule has 3 nitrogen and oxygen atoms in total. The van der Waals surface area contributed by atoms with Crippen LogP contribution in [-0.2, 0) is 4.79 Å². The number of nitrogens with two attached hydrogens (primary N) is 1. The Kier molecular flexibility index (Phi) is 4.05. The second-order valence-electron chi connectivity index (χ2n) is 2.52. The predicted octanol–water partition coefficient (Wildman–Crippen LogP) is 1.08. The van der Waals surface area contributed by atoms with Crippen LogP contribution >= 0.6 is 11.8 Å². The predicted molar refractivity (Wildman–Crippen MR) is 43.6 cm³/mol. The van der Waals surface area contributed by atoms with Crippen LogP contribution in [0.3, 0.4) is 0 Å². The lowest BCUT2D eigenvalue weighted by Gasteiger charge is -2.26. The minimum Gasteiger partial charge on any atom is -0.480 e. The Morgan fingerprint density at radius 3 is 2.23 bits per heavy atom. The highest BCUT2D eigenvalue weighted by atomic mass is 32.2. The van der Waals surface area contributed by atoms with E-state index in [2.05, 4.69) is 0 Å². The molecule has 0 spiro atoms. The molecule has 3 N–H and O–H groups in total. The van der Waals surface area contributed by atoms with Crippen molar-refractivity contribution in [2.24, 2.45) is 5.73 Å². The molecule has 0 aliphatic rings. The van der Waals surface area contributed by atoms with Gasteiger partial charge >= 0.3 is 12.1 Å². The fourth-order valence-corrected chi connectivity index (χ4v) is 1.16. The Balaban J connectivity index is 4.64. The van der Waals surface area contributed by atoms with Gasteiger partial charge in [0.25, 0.3) is 0 Å². The first-order chi connectivity index (χ1) is 5.75. The van der Waals surface area contributed by atoms with Crippen LogP contribution in [0.2, 0.25) is 0 Å². The van der Waals surface area contributed by atoms with Crippen molar-refractivity contribution in [2.45, 2.75) is 18.1 Å². The summed E-state index contributed by atoms with van der Waals surface area (Å²) in [5.74, 6) is -1.98. The van der Waals surface area contributed by atoms with Crippen LogP contribution in [0.15, 0.2) is 0 Å². The standard InChI is InChI=1S/C6H10F3NO2S/c1-13-3-2-5(10,4(11)12)6(7,8)9/h2-3,10H2,1H3,(H,11,12). The Morgan fingerprint density at radius 1 is 1.54 bits per heavy atom. The molecule has 7 heteroatoms. The van der Waals surface area contributed by atoms with E-state index in [1.807, 2.05) is 0 Å². The zero-order valence-corrected chi connectivity index (χ0v) is 7.71. The molecule has 0 aromatic heterocycles. The Bertz CT molecular complexity index is 197. The van der Waals surface area contributed by atoms with Crippen LogP contribution in [0, 0.1) is 0 Å². The highest BCUT2D eigenvalue weighted by molar-refractivity contribution is 7.98. The van der Waals surface area contributed by atoms with Crippen molar-refractivity contribution < 1.29 is 23.1 Å². The molecule has 1 atom stereocenters. The third-order valence-corrected chi connectivity index (χ3v) is 2.20. The van der Waals surface area contributed by atoms with Crippen molar-refractivity contribution in [3.05, 3.63) is 0 Å². The number of hydrogen-bond acceptors (Lipinski definition) is 3. The van der Waals surface area contributed by atoms with Gasteiger partial charge in [0.1, 0.15) is 0 Å². The van der Waals surface area contributed by atoms with Crippen molar-refractivity contribution in [3.63, 3.8) is 0 Å². The Hall–Kier alpha value is -0.430. The van der Waals surface area contributed by atoms with E-state index in [0.717, 1.165) is 11.8 Å². The summed E-state index contributed by atoms with van der Waals surface area (Å²) in [4.78, 5) is 10.3. The van der Waals surface area contributed by atoms with E-state index in [0.29, 0.717) is 0 Å². The smallest absolute Gasteiger partial charge is 0.417 e. The summed E-state index contributed by atoms with van der Waals surface area (Å²) in [5.41, 5.74) is 1.65. The lowest BCUT2D eigenvalue weighted by atomic mass is 9.97. The summed E-state index contributed by atoms with van der Waals surface area (Å²) in [6, 6.07) is 0. The summed E-state index contributed by atoms with van der Waals surface area (Å²) >= 11 is 1.12. The highest BCUT2D eigenvalue weighted by Crippen LogP contribution is 2.31. The number of hydrogen-bond donors (Lipinski definition) is 2. The molecule has 1 unspecified atom stereocenters. The molecule has 0 aliphatic carbocycles. The summed E-state index contributed by atoms with van der Waals surface area (Å²) < 4.78 is 36.5. The van der Waals surface area contributed by atoms with Gasteiger partial charge in [0.2, 0.25) is 5.54 Å². The van der Waals surface area contributed by atoms with Crippen molar-refractivity contribution in [3.8, 4) is 0 Å². The molecule has 0 heterocycles. The van der Waals surface area contributed by atoms with Gasteiger partial charge in [-0.05, 0) is 18.4 Å². The van der Waals surface area contributed by atoms with Gasteiger partial charge in [-0.15, -0.1) is 0 Å². The first kappa shape index (κ1) is 12.6. The summed E-state index contributed by atoms with van der Waals surface area (Å²) in [6.07, 6.45) is -3.94. The van der Waals surface area contributed by atoms with E-state index in [1.54, 1.807) is 6.26 Å². The van der Waals surface area contributed by atoms with Crippen LogP contribution in [0.25, 0.3) is 0 Å². The normalized spacial score (nSPS) is 16.7. The zero-order chi connectivity index (χ0) is 10.7. The molecular formula is C6H10F3NO2S. The molecule has 0 saturated heterocycles. The van der Waals surface area contributed by atoms with Crippen LogP contribution < -0.4 is 5.73 Å². The van der Waals surface area contributed by atoms with Crippen molar-refractivity contribution in [1.29, 1.82) is 0 Å². The molecule has 78 valence electrons. The fraction of sp³-hybridized carbons (Fsp3) is 0.833. The Morgan fingerprint density at radius 2 is 2.00 bits per heavy atom. The molecule has 0 aromatic carbocycles. The lowest BCUT2D eigenvalue weighted by Crippen LogP contribution is -2.59. The van der Waals surface area contributed by atoms with Gasteiger partial charge in [0.05, 0.1) is 0 Å². The second kappa shape index (κ2) is 4.19. The van der Waals surface area contributed by atoms with Crippen LogP contribution in [0.1, 0.15) is 6.42 Å². The first-order valence-electron chi connectivity index (χ1n) is 3.33. The monoisotopic (exact) mass is 217 g/mol. The van der Waals surface area contributed by atoms with Crippen LogP contribution in [0.5, 0.6) is 0 Å². The van der Waals surface area contributed by atoms with E-state index >= 15 is 0 Å². The van der Waals surface area contributed by atoms with Gasteiger partial charge in [-0.3, -0.25) is 0 Å². The van der Waals surface area contributed by atoms with E-state index in [1.165, 1.54) is 0 Å². The summed E-state index contributed by atoms with van der Waals surface area (Å²) in [6.45, 7) is 0. The number of halogens is 3. The summed E-state index contributed by atoms with van der Waals surface area (Å²) in [7, 11) is 0. The number of rotatable bonds is 4. The van der Waals surface area contributed by atoms with Gasteiger partial charge in [-0.25, -0.2) is 4.79 Å². The second-order valence-corrected chi connectivity index (χ2v) is 3.50. The maximum absolute atomic E-state index is 12.2. The maximum Gasteiger partial charge on any atom is 0.417 e. The van der Waals surface area contributed by atoms with Crippen molar-refractivity contribution in [2.75, 3.05) is 12.0 Å². The molecule has 13 heavy (non-hydrogen) atoms. The number of carbonyl (C=O) groups is 1. The topological polar surface area (TPSA) is 63.3 Å². The highest BCUT2D eigenvalue weighted by Gasteiger charge is 2.57. The molecule has 0 aromatic rings. The molecule has 0 radical (unpaired) electrons. The third kappa shape index (κ3) is 2.77. The molecule has 0 rings (SSSR count). The average molecular weight is 217 g/mol. The van der Waals surface area contributed by atoms with Gasteiger partial charge < -0.3 is 10.8 Å². The molecule has 0 amide bonds. The third-order valence-electron chi connectivity index (χ3n) is 1.59.